The highest BCUT2D eigenvalue weighted by Crippen LogP contribution is 2.44. The maximum Gasteiger partial charge on any atom is 0.412 e. The summed E-state index contributed by atoms with van der Waals surface area (Å²) in [5, 5.41) is 27.3. The van der Waals surface area contributed by atoms with Crippen LogP contribution in [0.15, 0.2) is 54.6 Å². The van der Waals surface area contributed by atoms with Gasteiger partial charge >= 0.3 is 12.1 Å². The summed E-state index contributed by atoms with van der Waals surface area (Å²) in [5.74, 6) is -2.12. The van der Waals surface area contributed by atoms with Crippen LogP contribution in [0.5, 0.6) is 0 Å². The van der Waals surface area contributed by atoms with Crippen molar-refractivity contribution in [2.45, 2.75) is 18.4 Å². The third kappa shape index (κ3) is 4.23. The highest BCUT2D eigenvalue weighted by molar-refractivity contribution is 5.97. The van der Waals surface area contributed by atoms with Crippen molar-refractivity contribution in [3.05, 3.63) is 71.4 Å². The van der Waals surface area contributed by atoms with Crippen LogP contribution in [0, 0.1) is 0 Å². The molecule has 1 aliphatic carbocycles. The number of anilines is 1. The Balaban J connectivity index is 1.42. The molecule has 10 heteroatoms. The zero-order valence-corrected chi connectivity index (χ0v) is 18.6. The molecule has 1 heterocycles. The number of nitrogens with one attached hydrogen (secondary N) is 2. The summed E-state index contributed by atoms with van der Waals surface area (Å²) in [7, 11) is 1.51. The van der Waals surface area contributed by atoms with Crippen LogP contribution in [0.25, 0.3) is 11.1 Å². The first-order valence-corrected chi connectivity index (χ1v) is 10.6. The first-order chi connectivity index (χ1) is 16.2. The molecule has 0 spiro atoms. The van der Waals surface area contributed by atoms with E-state index in [4.69, 9.17) is 4.74 Å². The average Bonchev–Trinajstić information content (AvgIpc) is 3.35. The molecule has 1 aromatic heterocycles. The van der Waals surface area contributed by atoms with Crippen molar-refractivity contribution in [1.82, 2.24) is 15.1 Å². The van der Waals surface area contributed by atoms with Gasteiger partial charge in [0.15, 0.2) is 11.2 Å². The summed E-state index contributed by atoms with van der Waals surface area (Å²) in [5.41, 5.74) is 2.41. The lowest BCUT2D eigenvalue weighted by atomic mass is 9.98. The van der Waals surface area contributed by atoms with Crippen LogP contribution in [-0.2, 0) is 16.6 Å². The summed E-state index contributed by atoms with van der Waals surface area (Å²) < 4.78 is 6.75. The maximum atomic E-state index is 12.5. The molecule has 34 heavy (non-hydrogen) atoms. The topological polar surface area (TPSA) is 143 Å². The molecule has 1 atom stereocenters. The van der Waals surface area contributed by atoms with Gasteiger partial charge in [-0.3, -0.25) is 14.8 Å². The molecule has 0 fully saturated rings. The van der Waals surface area contributed by atoms with Crippen LogP contribution in [0.4, 0.5) is 10.6 Å². The molecule has 0 aliphatic heterocycles. The second-order valence-corrected chi connectivity index (χ2v) is 8.24. The molecule has 0 radical (unpaired) electrons. The van der Waals surface area contributed by atoms with Gasteiger partial charge in [-0.15, -0.1) is 0 Å². The Bertz CT molecular complexity index is 1220. The zero-order chi connectivity index (χ0) is 24.5. The van der Waals surface area contributed by atoms with Gasteiger partial charge < -0.3 is 20.3 Å². The number of benzene rings is 2. The smallest absolute Gasteiger partial charge is 0.412 e. The number of aliphatic carboxylic acids is 1. The van der Waals surface area contributed by atoms with Crippen molar-refractivity contribution in [2.75, 3.05) is 18.5 Å². The molecule has 176 valence electrons. The quantitative estimate of drug-likeness (QED) is 0.420. The Hall–Kier alpha value is -4.18. The molecule has 0 saturated carbocycles. The Labute approximate surface area is 195 Å². The van der Waals surface area contributed by atoms with Crippen LogP contribution in [0.2, 0.25) is 0 Å². The molecular weight excluding hydrogens is 440 g/mol. The van der Waals surface area contributed by atoms with Crippen molar-refractivity contribution in [2.24, 2.45) is 7.05 Å². The standard InChI is InChI=1S/C24H24N4O6/c1-24(13-29,22(31)32)26-21(30)19-11-20(28(2)27-19)25-23(33)34-12-18-16-9-5-3-7-14(16)15-8-4-6-10-17(15)18/h3-11,18,29H,12-13H2,1-2H3,(H,25,33)(H,26,30)(H,31,32). The predicted octanol–water partition coefficient (Wildman–Crippen LogP) is 2.35. The predicted molar refractivity (Wildman–Crippen MR) is 122 cm³/mol. The van der Waals surface area contributed by atoms with Gasteiger partial charge in [0.25, 0.3) is 5.91 Å². The van der Waals surface area contributed by atoms with Crippen molar-refractivity contribution in [1.29, 1.82) is 0 Å². The van der Waals surface area contributed by atoms with E-state index in [1.54, 1.807) is 0 Å². The first-order valence-electron chi connectivity index (χ1n) is 10.6. The largest absolute Gasteiger partial charge is 0.479 e. The number of hydrogen-bond acceptors (Lipinski definition) is 6. The minimum atomic E-state index is -1.87. The molecule has 0 saturated heterocycles. The molecule has 3 aromatic rings. The number of carbonyl (C=O) groups excluding carboxylic acids is 2. The minimum Gasteiger partial charge on any atom is -0.479 e. The summed E-state index contributed by atoms with van der Waals surface area (Å²) in [4.78, 5) is 36.2. The van der Waals surface area contributed by atoms with Gasteiger partial charge in [-0.1, -0.05) is 48.5 Å². The van der Waals surface area contributed by atoms with E-state index in [0.29, 0.717) is 0 Å². The highest BCUT2D eigenvalue weighted by Gasteiger charge is 2.35. The number of carboxylic acid groups (broad SMARTS) is 1. The lowest BCUT2D eigenvalue weighted by molar-refractivity contribution is -0.145. The van der Waals surface area contributed by atoms with Gasteiger partial charge in [0, 0.05) is 19.0 Å². The van der Waals surface area contributed by atoms with Crippen LogP contribution in [0.1, 0.15) is 34.5 Å². The van der Waals surface area contributed by atoms with Gasteiger partial charge in [0.1, 0.15) is 12.4 Å². The second kappa shape index (κ2) is 8.99. The average molecular weight is 464 g/mol. The summed E-state index contributed by atoms with van der Waals surface area (Å²) in [6.07, 6.45) is -0.720. The van der Waals surface area contributed by atoms with E-state index in [1.165, 1.54) is 24.7 Å². The highest BCUT2D eigenvalue weighted by atomic mass is 16.5. The Morgan fingerprint density at radius 1 is 1.09 bits per heavy atom. The number of aromatic nitrogens is 2. The van der Waals surface area contributed by atoms with E-state index < -0.39 is 30.1 Å². The number of hydrogen-bond donors (Lipinski definition) is 4. The number of ether oxygens (including phenoxy) is 1. The Kier molecular flexibility index (Phi) is 6.08. The van der Waals surface area contributed by atoms with E-state index in [-0.39, 0.29) is 24.0 Å². The minimum absolute atomic E-state index is 0.0989. The molecule has 2 amide bonds. The van der Waals surface area contributed by atoms with Crippen molar-refractivity contribution in [3.63, 3.8) is 0 Å². The SMILES string of the molecule is Cn1nc(C(=O)NC(C)(CO)C(=O)O)cc1NC(=O)OCC1c2ccccc2-c2ccccc21. The Morgan fingerprint density at radius 3 is 2.24 bits per heavy atom. The van der Waals surface area contributed by atoms with E-state index in [2.05, 4.69) is 15.7 Å². The fourth-order valence-electron chi connectivity index (χ4n) is 3.91. The van der Waals surface area contributed by atoms with E-state index in [0.717, 1.165) is 22.3 Å². The number of aryl methyl sites for hydroxylation is 1. The molecule has 10 nitrogen and oxygen atoms in total. The molecular formula is C24H24N4O6. The normalized spacial score (nSPS) is 14.0. The van der Waals surface area contributed by atoms with Gasteiger partial charge in [-0.25, -0.2) is 9.59 Å². The number of amides is 2. The fraction of sp³-hybridized carbons (Fsp3) is 0.250. The molecule has 1 unspecified atom stereocenters. The van der Waals surface area contributed by atoms with Crippen molar-refractivity contribution < 1.29 is 29.3 Å². The van der Waals surface area contributed by atoms with E-state index in [9.17, 15) is 24.6 Å². The molecule has 1 aliphatic rings. The zero-order valence-electron chi connectivity index (χ0n) is 18.6. The van der Waals surface area contributed by atoms with E-state index >= 15 is 0 Å². The molecule has 4 rings (SSSR count). The maximum absolute atomic E-state index is 12.5. The van der Waals surface area contributed by atoms with E-state index in [1.807, 2.05) is 48.5 Å². The van der Waals surface area contributed by atoms with Crippen molar-refractivity contribution in [3.8, 4) is 11.1 Å². The molecule has 0 bridgehead atoms. The Morgan fingerprint density at radius 2 is 1.68 bits per heavy atom. The van der Waals surface area contributed by atoms with Crippen LogP contribution >= 0.6 is 0 Å². The number of aliphatic hydroxyl groups excluding tert-OH is 1. The summed E-state index contributed by atoms with van der Waals surface area (Å²) >= 11 is 0. The molecule has 2 aromatic carbocycles. The molecule has 4 N–H and O–H groups in total. The third-order valence-electron chi connectivity index (χ3n) is 5.86. The third-order valence-corrected chi connectivity index (χ3v) is 5.86. The van der Waals surface area contributed by atoms with Crippen molar-refractivity contribution >= 4 is 23.8 Å². The van der Waals surface area contributed by atoms with Crippen LogP contribution < -0.4 is 10.6 Å². The summed E-state index contributed by atoms with van der Waals surface area (Å²) in [6.45, 7) is 0.496. The van der Waals surface area contributed by atoms with Gasteiger partial charge in [-0.05, 0) is 29.2 Å². The fourth-order valence-corrected chi connectivity index (χ4v) is 3.91. The first kappa shape index (κ1) is 23.0. The second-order valence-electron chi connectivity index (χ2n) is 8.24. The number of carboxylic acids is 1. The van der Waals surface area contributed by atoms with Crippen LogP contribution in [-0.4, -0.2) is 56.7 Å². The number of aliphatic hydroxyl groups is 1. The number of fused-ring (bicyclic) bond motifs is 3. The number of carbonyl (C=O) groups is 3. The number of nitrogens with zero attached hydrogens (tertiary/aromatic N) is 2. The van der Waals surface area contributed by atoms with Gasteiger partial charge in [0.05, 0.1) is 6.61 Å². The van der Waals surface area contributed by atoms with Gasteiger partial charge in [0.2, 0.25) is 0 Å². The van der Waals surface area contributed by atoms with Gasteiger partial charge in [-0.2, -0.15) is 5.10 Å². The lowest BCUT2D eigenvalue weighted by Gasteiger charge is -2.22. The summed E-state index contributed by atoms with van der Waals surface area (Å²) in [6, 6.07) is 17.3. The van der Waals surface area contributed by atoms with Crippen LogP contribution in [0.3, 0.4) is 0 Å². The lowest BCUT2D eigenvalue weighted by Crippen LogP contribution is -2.55. The number of rotatable bonds is 7. The monoisotopic (exact) mass is 464 g/mol.